The van der Waals surface area contributed by atoms with Crippen molar-refractivity contribution in [3.8, 4) is 0 Å². The van der Waals surface area contributed by atoms with Gasteiger partial charge in [0, 0.05) is 25.5 Å². The lowest BCUT2D eigenvalue weighted by Gasteiger charge is -2.33. The first kappa shape index (κ1) is 14.6. The van der Waals surface area contributed by atoms with Crippen LogP contribution in [0.2, 0.25) is 0 Å². The summed E-state index contributed by atoms with van der Waals surface area (Å²) in [5.41, 5.74) is 6.14. The largest absolute Gasteiger partial charge is 0.469 e. The monoisotopic (exact) mass is 296 g/mol. The Bertz CT molecular complexity index is 511. The van der Waals surface area contributed by atoms with Gasteiger partial charge in [0.25, 0.3) is 0 Å². The SMILES string of the molecule is COC(=O)CC1CN(c2nccnc2C(N)=S)CCO1. The lowest BCUT2D eigenvalue weighted by atomic mass is 10.2. The molecule has 0 spiro atoms. The maximum atomic E-state index is 11.3. The van der Waals surface area contributed by atoms with E-state index in [-0.39, 0.29) is 23.5 Å². The number of nitrogens with zero attached hydrogens (tertiary/aromatic N) is 3. The van der Waals surface area contributed by atoms with Gasteiger partial charge in [0.05, 0.1) is 26.2 Å². The van der Waals surface area contributed by atoms with Crippen molar-refractivity contribution in [2.45, 2.75) is 12.5 Å². The average molecular weight is 296 g/mol. The molecular formula is C12H16N4O3S. The molecule has 8 heteroatoms. The number of hydrogen-bond donors (Lipinski definition) is 1. The molecule has 1 aromatic heterocycles. The van der Waals surface area contributed by atoms with Gasteiger partial charge in [0.1, 0.15) is 10.7 Å². The summed E-state index contributed by atoms with van der Waals surface area (Å²) in [5.74, 6) is 0.323. The van der Waals surface area contributed by atoms with Crippen LogP contribution in [0.15, 0.2) is 12.4 Å². The smallest absolute Gasteiger partial charge is 0.308 e. The zero-order valence-electron chi connectivity index (χ0n) is 11.1. The fourth-order valence-corrected chi connectivity index (χ4v) is 2.18. The van der Waals surface area contributed by atoms with Gasteiger partial charge in [-0.1, -0.05) is 12.2 Å². The molecule has 0 bridgehead atoms. The maximum absolute atomic E-state index is 11.3. The first-order valence-electron chi connectivity index (χ1n) is 6.16. The molecule has 1 aromatic rings. The third kappa shape index (κ3) is 3.40. The van der Waals surface area contributed by atoms with Crippen molar-refractivity contribution in [1.29, 1.82) is 0 Å². The number of carbonyl (C=O) groups excluding carboxylic acids is 1. The molecule has 0 radical (unpaired) electrons. The van der Waals surface area contributed by atoms with E-state index in [1.54, 1.807) is 12.4 Å². The van der Waals surface area contributed by atoms with Crippen LogP contribution in [0.5, 0.6) is 0 Å². The number of methoxy groups -OCH3 is 1. The van der Waals surface area contributed by atoms with Crippen LogP contribution in [0, 0.1) is 0 Å². The molecule has 1 saturated heterocycles. The lowest BCUT2D eigenvalue weighted by molar-refractivity contribution is -0.144. The third-order valence-corrected chi connectivity index (χ3v) is 3.17. The molecule has 1 fully saturated rings. The fourth-order valence-electron chi connectivity index (χ4n) is 2.04. The van der Waals surface area contributed by atoms with Gasteiger partial charge in [-0.3, -0.25) is 4.79 Å². The predicted octanol–water partition coefficient (Wildman–Crippen LogP) is -0.121. The number of esters is 1. The van der Waals surface area contributed by atoms with Crippen molar-refractivity contribution in [2.75, 3.05) is 31.7 Å². The number of carbonyl (C=O) groups is 1. The number of hydrogen-bond acceptors (Lipinski definition) is 7. The highest BCUT2D eigenvalue weighted by Crippen LogP contribution is 2.19. The molecular weight excluding hydrogens is 280 g/mol. The van der Waals surface area contributed by atoms with Crippen molar-refractivity contribution in [1.82, 2.24) is 9.97 Å². The molecule has 2 rings (SSSR count). The molecule has 0 saturated carbocycles. The Balaban J connectivity index is 2.13. The highest BCUT2D eigenvalue weighted by atomic mass is 32.1. The van der Waals surface area contributed by atoms with Crippen LogP contribution in [-0.4, -0.2) is 53.8 Å². The van der Waals surface area contributed by atoms with Crippen LogP contribution in [0.4, 0.5) is 5.82 Å². The van der Waals surface area contributed by atoms with E-state index in [1.165, 1.54) is 7.11 Å². The molecule has 0 amide bonds. The van der Waals surface area contributed by atoms with E-state index in [1.807, 2.05) is 4.90 Å². The summed E-state index contributed by atoms with van der Waals surface area (Å²) in [7, 11) is 1.36. The quantitative estimate of drug-likeness (QED) is 0.607. The Labute approximate surface area is 122 Å². The molecule has 108 valence electrons. The number of anilines is 1. The normalized spacial score (nSPS) is 18.6. The van der Waals surface area contributed by atoms with Gasteiger partial charge in [-0.2, -0.15) is 0 Å². The highest BCUT2D eigenvalue weighted by Gasteiger charge is 2.26. The van der Waals surface area contributed by atoms with Crippen LogP contribution in [0.25, 0.3) is 0 Å². The second kappa shape index (κ2) is 6.58. The third-order valence-electron chi connectivity index (χ3n) is 2.97. The molecule has 2 heterocycles. The summed E-state index contributed by atoms with van der Waals surface area (Å²) in [4.78, 5) is 21.9. The summed E-state index contributed by atoms with van der Waals surface area (Å²) in [5, 5.41) is 0. The Hall–Kier alpha value is -1.80. The lowest BCUT2D eigenvalue weighted by Crippen LogP contribution is -2.44. The summed E-state index contributed by atoms with van der Waals surface area (Å²) < 4.78 is 10.2. The second-order valence-electron chi connectivity index (χ2n) is 4.31. The van der Waals surface area contributed by atoms with E-state index < -0.39 is 0 Å². The van der Waals surface area contributed by atoms with Gasteiger partial charge in [-0.05, 0) is 0 Å². The Morgan fingerprint density at radius 3 is 3.05 bits per heavy atom. The zero-order chi connectivity index (χ0) is 14.5. The maximum Gasteiger partial charge on any atom is 0.308 e. The minimum absolute atomic E-state index is 0.198. The highest BCUT2D eigenvalue weighted by molar-refractivity contribution is 7.80. The van der Waals surface area contributed by atoms with Gasteiger partial charge in [-0.15, -0.1) is 0 Å². The van der Waals surface area contributed by atoms with E-state index in [0.29, 0.717) is 31.2 Å². The van der Waals surface area contributed by atoms with Crippen molar-refractivity contribution in [3.63, 3.8) is 0 Å². The Morgan fingerprint density at radius 1 is 1.60 bits per heavy atom. The van der Waals surface area contributed by atoms with E-state index in [2.05, 4.69) is 14.7 Å². The first-order chi connectivity index (χ1) is 9.61. The van der Waals surface area contributed by atoms with Crippen LogP contribution in [0.1, 0.15) is 12.1 Å². The fraction of sp³-hybridized carbons (Fsp3) is 0.500. The number of aromatic nitrogens is 2. The molecule has 0 aliphatic carbocycles. The molecule has 1 aliphatic rings. The molecule has 2 N–H and O–H groups in total. The van der Waals surface area contributed by atoms with Gasteiger partial charge in [0.2, 0.25) is 0 Å². The van der Waals surface area contributed by atoms with Crippen molar-refractivity contribution >= 4 is 29.0 Å². The Kier molecular flexibility index (Phi) is 4.80. The minimum atomic E-state index is -0.300. The van der Waals surface area contributed by atoms with Crippen LogP contribution < -0.4 is 10.6 Å². The number of nitrogens with two attached hydrogens (primary N) is 1. The van der Waals surface area contributed by atoms with Crippen LogP contribution in [0.3, 0.4) is 0 Å². The predicted molar refractivity (Wildman–Crippen MR) is 76.5 cm³/mol. The second-order valence-corrected chi connectivity index (χ2v) is 4.75. The van der Waals surface area contributed by atoms with Gasteiger partial charge in [0.15, 0.2) is 5.82 Å². The number of ether oxygens (including phenoxy) is 2. The van der Waals surface area contributed by atoms with Crippen LogP contribution >= 0.6 is 12.2 Å². The number of thiocarbonyl (C=S) groups is 1. The Morgan fingerprint density at radius 2 is 2.35 bits per heavy atom. The van der Waals surface area contributed by atoms with E-state index in [0.717, 1.165) is 0 Å². The molecule has 20 heavy (non-hydrogen) atoms. The minimum Gasteiger partial charge on any atom is -0.469 e. The van der Waals surface area contributed by atoms with Gasteiger partial charge < -0.3 is 20.1 Å². The van der Waals surface area contributed by atoms with E-state index >= 15 is 0 Å². The molecule has 1 unspecified atom stereocenters. The summed E-state index contributed by atoms with van der Waals surface area (Å²) in [6.07, 6.45) is 3.10. The first-order valence-corrected chi connectivity index (χ1v) is 6.56. The zero-order valence-corrected chi connectivity index (χ0v) is 11.9. The van der Waals surface area contributed by atoms with Crippen LogP contribution in [-0.2, 0) is 14.3 Å². The summed E-state index contributed by atoms with van der Waals surface area (Å²) in [6.45, 7) is 1.66. The van der Waals surface area contributed by atoms with E-state index in [4.69, 9.17) is 22.7 Å². The molecule has 0 aromatic carbocycles. The number of morpholine rings is 1. The summed E-state index contributed by atoms with van der Waals surface area (Å²) in [6, 6.07) is 0. The average Bonchev–Trinajstić information content (AvgIpc) is 2.47. The van der Waals surface area contributed by atoms with E-state index in [9.17, 15) is 4.79 Å². The standard InChI is InChI=1S/C12H16N4O3S/c1-18-9(17)6-8-7-16(4-5-19-8)12-10(11(13)20)14-2-3-15-12/h2-3,8H,4-7H2,1H3,(H2,13,20). The van der Waals surface area contributed by atoms with Crippen molar-refractivity contribution < 1.29 is 14.3 Å². The van der Waals surface area contributed by atoms with Crippen molar-refractivity contribution in [2.24, 2.45) is 5.73 Å². The van der Waals surface area contributed by atoms with Gasteiger partial charge in [-0.25, -0.2) is 9.97 Å². The molecule has 1 atom stereocenters. The van der Waals surface area contributed by atoms with Crippen molar-refractivity contribution in [3.05, 3.63) is 18.1 Å². The topological polar surface area (TPSA) is 90.6 Å². The number of rotatable bonds is 4. The molecule has 1 aliphatic heterocycles. The molecule has 7 nitrogen and oxygen atoms in total. The summed E-state index contributed by atoms with van der Waals surface area (Å²) >= 11 is 4.98. The van der Waals surface area contributed by atoms with Gasteiger partial charge >= 0.3 is 5.97 Å².